The number of halogens is 1. The molecule has 0 unspecified atom stereocenters. The maximum absolute atomic E-state index is 12.7. The van der Waals surface area contributed by atoms with Crippen molar-refractivity contribution >= 4 is 33.6 Å². The lowest BCUT2D eigenvalue weighted by Crippen LogP contribution is -2.11. The van der Waals surface area contributed by atoms with Crippen LogP contribution in [0.15, 0.2) is 77.0 Å². The Hall–Kier alpha value is -3.18. The van der Waals surface area contributed by atoms with E-state index in [0.717, 1.165) is 10.0 Å². The summed E-state index contributed by atoms with van der Waals surface area (Å²) in [5, 5.41) is 0. The van der Waals surface area contributed by atoms with Gasteiger partial charge in [0.2, 0.25) is 5.78 Å². The summed E-state index contributed by atoms with van der Waals surface area (Å²) in [4.78, 5) is 25.0. The number of hydrogen-bond donors (Lipinski definition) is 0. The van der Waals surface area contributed by atoms with Crippen LogP contribution >= 0.6 is 15.9 Å². The van der Waals surface area contributed by atoms with Crippen LogP contribution in [-0.2, 0) is 5.41 Å². The van der Waals surface area contributed by atoms with Crippen molar-refractivity contribution < 1.29 is 19.1 Å². The third-order valence-corrected chi connectivity index (χ3v) is 5.78. The number of fused-ring (bicyclic) bond motifs is 1. The Labute approximate surface area is 196 Å². The van der Waals surface area contributed by atoms with Crippen LogP contribution in [0.2, 0.25) is 0 Å². The minimum atomic E-state index is -0.169. The normalized spacial score (nSPS) is 14.2. The molecule has 0 atom stereocenters. The molecule has 32 heavy (non-hydrogen) atoms. The third kappa shape index (κ3) is 4.83. The molecule has 0 saturated carbocycles. The van der Waals surface area contributed by atoms with E-state index in [0.29, 0.717) is 22.6 Å². The van der Waals surface area contributed by atoms with Crippen molar-refractivity contribution in [2.45, 2.75) is 26.2 Å². The zero-order valence-corrected chi connectivity index (χ0v) is 19.7. The van der Waals surface area contributed by atoms with Crippen molar-refractivity contribution in [3.8, 4) is 11.5 Å². The molecule has 0 radical (unpaired) electrons. The quantitative estimate of drug-likeness (QED) is 0.297. The van der Waals surface area contributed by atoms with Gasteiger partial charge in [-0.15, -0.1) is 0 Å². The Morgan fingerprint density at radius 1 is 1.00 bits per heavy atom. The summed E-state index contributed by atoms with van der Waals surface area (Å²) >= 11 is 3.35. The second kappa shape index (κ2) is 8.75. The molecule has 0 saturated heterocycles. The van der Waals surface area contributed by atoms with E-state index < -0.39 is 0 Å². The van der Waals surface area contributed by atoms with Crippen molar-refractivity contribution in [1.82, 2.24) is 0 Å². The molecule has 1 aliphatic heterocycles. The molecule has 3 aromatic carbocycles. The maximum atomic E-state index is 12.7. The first-order valence-electron chi connectivity index (χ1n) is 10.3. The fourth-order valence-corrected chi connectivity index (χ4v) is 3.62. The summed E-state index contributed by atoms with van der Waals surface area (Å²) in [6.45, 7) is 6.38. The number of allylic oxidation sites excluding steroid dienone is 1. The van der Waals surface area contributed by atoms with Gasteiger partial charge in [-0.25, -0.2) is 0 Å². The van der Waals surface area contributed by atoms with E-state index in [2.05, 4.69) is 48.8 Å². The van der Waals surface area contributed by atoms with Crippen LogP contribution in [0.3, 0.4) is 0 Å². The number of carbonyl (C=O) groups excluding carboxylic acids is 2. The van der Waals surface area contributed by atoms with E-state index in [1.165, 1.54) is 5.56 Å². The minimum Gasteiger partial charge on any atom is -0.485 e. The van der Waals surface area contributed by atoms with Gasteiger partial charge in [0.1, 0.15) is 11.5 Å². The maximum Gasteiger partial charge on any atom is 0.231 e. The molecule has 5 heteroatoms. The van der Waals surface area contributed by atoms with Crippen LogP contribution in [0.5, 0.6) is 11.5 Å². The van der Waals surface area contributed by atoms with Crippen molar-refractivity contribution in [3.63, 3.8) is 0 Å². The molecule has 4 rings (SSSR count). The Morgan fingerprint density at radius 3 is 2.34 bits per heavy atom. The highest BCUT2D eigenvalue weighted by molar-refractivity contribution is 9.10. The Morgan fingerprint density at radius 2 is 1.69 bits per heavy atom. The van der Waals surface area contributed by atoms with E-state index in [1.807, 2.05) is 24.3 Å². The molecule has 0 spiro atoms. The van der Waals surface area contributed by atoms with Gasteiger partial charge >= 0.3 is 0 Å². The molecule has 1 heterocycles. The smallest absolute Gasteiger partial charge is 0.231 e. The molecular weight excluding hydrogens is 468 g/mol. The number of rotatable bonds is 5. The van der Waals surface area contributed by atoms with E-state index in [9.17, 15) is 9.59 Å². The lowest BCUT2D eigenvalue weighted by molar-refractivity contribution is 0.0921. The van der Waals surface area contributed by atoms with E-state index >= 15 is 0 Å². The number of carbonyl (C=O) groups is 2. The van der Waals surface area contributed by atoms with Crippen LogP contribution in [0.1, 0.15) is 52.6 Å². The topological polar surface area (TPSA) is 52.6 Å². The number of benzene rings is 3. The summed E-state index contributed by atoms with van der Waals surface area (Å²) in [7, 11) is 0. The molecule has 162 valence electrons. The molecule has 0 N–H and O–H groups in total. The number of ketones is 2. The second-order valence-corrected chi connectivity index (χ2v) is 9.60. The van der Waals surface area contributed by atoms with Crippen molar-refractivity contribution in [2.75, 3.05) is 6.61 Å². The van der Waals surface area contributed by atoms with Crippen molar-refractivity contribution in [1.29, 1.82) is 0 Å². The number of ether oxygens (including phenoxy) is 2. The molecule has 0 bridgehead atoms. The highest BCUT2D eigenvalue weighted by Crippen LogP contribution is 2.35. The van der Waals surface area contributed by atoms with Crippen LogP contribution < -0.4 is 9.47 Å². The van der Waals surface area contributed by atoms with Gasteiger partial charge < -0.3 is 9.47 Å². The van der Waals surface area contributed by atoms with Crippen LogP contribution in [0.25, 0.3) is 6.08 Å². The van der Waals surface area contributed by atoms with Crippen LogP contribution in [0.4, 0.5) is 0 Å². The summed E-state index contributed by atoms with van der Waals surface area (Å²) < 4.78 is 12.4. The van der Waals surface area contributed by atoms with Gasteiger partial charge in [0.25, 0.3) is 0 Å². The Balaban J connectivity index is 1.45. The fraction of sp³-hybridized carbons (Fsp3) is 0.185. The first kappa shape index (κ1) is 22.0. The Bertz CT molecular complexity index is 1200. The van der Waals surface area contributed by atoms with Gasteiger partial charge in [0, 0.05) is 16.1 Å². The van der Waals surface area contributed by atoms with Gasteiger partial charge in [-0.3, -0.25) is 9.59 Å². The highest BCUT2D eigenvalue weighted by Gasteiger charge is 2.28. The number of hydrogen-bond acceptors (Lipinski definition) is 4. The molecule has 3 aromatic rings. The summed E-state index contributed by atoms with van der Waals surface area (Å²) in [5.41, 5.74) is 3.24. The van der Waals surface area contributed by atoms with E-state index in [4.69, 9.17) is 9.47 Å². The standard InChI is InChI=1S/C27H23BrO4/c1-27(2,3)19-8-4-17(5-9-19)14-25-26(30)22-13-12-21(15-24(22)32-25)31-16-23(29)18-6-10-20(28)11-7-18/h4-15H,16H2,1-3H3. The summed E-state index contributed by atoms with van der Waals surface area (Å²) in [6.07, 6.45) is 1.74. The van der Waals surface area contributed by atoms with E-state index in [-0.39, 0.29) is 29.3 Å². The minimum absolute atomic E-state index is 0.0662. The Kier molecular flexibility index (Phi) is 6.02. The molecule has 1 aliphatic rings. The molecule has 0 fully saturated rings. The number of Topliss-reactive ketones (excluding diaryl/α,β-unsaturated/α-hetero) is 2. The van der Waals surface area contributed by atoms with Crippen molar-refractivity contribution in [2.24, 2.45) is 0 Å². The predicted octanol–water partition coefficient (Wildman–Crippen LogP) is 6.62. The molecule has 0 aliphatic carbocycles. The monoisotopic (exact) mass is 490 g/mol. The van der Waals surface area contributed by atoms with Gasteiger partial charge in [-0.2, -0.15) is 0 Å². The zero-order chi connectivity index (χ0) is 22.9. The highest BCUT2D eigenvalue weighted by atomic mass is 79.9. The lowest BCUT2D eigenvalue weighted by Gasteiger charge is -2.18. The fourth-order valence-electron chi connectivity index (χ4n) is 3.36. The third-order valence-electron chi connectivity index (χ3n) is 5.25. The summed E-state index contributed by atoms with van der Waals surface area (Å²) in [5.74, 6) is 0.872. The van der Waals surface area contributed by atoms with E-state index in [1.54, 1.807) is 36.4 Å². The largest absolute Gasteiger partial charge is 0.485 e. The molecule has 0 aromatic heterocycles. The van der Waals surface area contributed by atoms with Crippen LogP contribution in [0, 0.1) is 0 Å². The first-order valence-corrected chi connectivity index (χ1v) is 11.1. The second-order valence-electron chi connectivity index (χ2n) is 8.69. The average Bonchev–Trinajstić information content (AvgIpc) is 3.07. The van der Waals surface area contributed by atoms with Crippen LogP contribution in [-0.4, -0.2) is 18.2 Å². The van der Waals surface area contributed by atoms with Gasteiger partial charge in [-0.05, 0) is 46.9 Å². The zero-order valence-electron chi connectivity index (χ0n) is 18.1. The summed E-state index contributed by atoms with van der Waals surface area (Å²) in [6, 6.07) is 20.2. The van der Waals surface area contributed by atoms with Gasteiger partial charge in [0.15, 0.2) is 18.1 Å². The molecular formula is C27H23BrO4. The molecule has 0 amide bonds. The average molecular weight is 491 g/mol. The van der Waals surface area contributed by atoms with Gasteiger partial charge in [-0.1, -0.05) is 73.1 Å². The van der Waals surface area contributed by atoms with Gasteiger partial charge in [0.05, 0.1) is 5.56 Å². The van der Waals surface area contributed by atoms with Crippen molar-refractivity contribution in [3.05, 3.63) is 99.2 Å². The predicted molar refractivity (Wildman–Crippen MR) is 128 cm³/mol. The molecule has 4 nitrogen and oxygen atoms in total. The first-order chi connectivity index (χ1) is 15.2. The lowest BCUT2D eigenvalue weighted by atomic mass is 9.86. The SMILES string of the molecule is CC(C)(C)c1ccc(C=C2Oc3cc(OCC(=O)c4ccc(Br)cc4)ccc3C2=O)cc1.